The molecule has 7 heteroatoms. The number of esters is 1. The molecule has 2 fully saturated rings. The zero-order valence-corrected chi connectivity index (χ0v) is 20.1. The molecule has 1 aliphatic carbocycles. The maximum Gasteiger partial charge on any atom is 0.331 e. The van der Waals surface area contributed by atoms with Gasteiger partial charge < -0.3 is 10.1 Å². The predicted octanol–water partition coefficient (Wildman–Crippen LogP) is 4.21. The molecule has 1 saturated heterocycles. The zero-order chi connectivity index (χ0) is 24.0. The van der Waals surface area contributed by atoms with Gasteiger partial charge in [0.05, 0.1) is 0 Å². The molecule has 0 radical (unpaired) electrons. The van der Waals surface area contributed by atoms with Crippen molar-refractivity contribution < 1.29 is 23.6 Å². The first kappa shape index (κ1) is 25.4. The lowest BCUT2D eigenvalue weighted by Crippen LogP contribution is -2.66. The molecule has 1 amide bonds. The smallest absolute Gasteiger partial charge is 0.331 e. The molecule has 2 unspecified atom stereocenters. The first-order valence-electron chi connectivity index (χ1n) is 12.0. The van der Waals surface area contributed by atoms with Gasteiger partial charge in [-0.3, -0.25) is 9.63 Å². The van der Waals surface area contributed by atoms with Crippen molar-refractivity contribution in [1.82, 2.24) is 10.8 Å². The number of amides is 1. The van der Waals surface area contributed by atoms with E-state index in [2.05, 4.69) is 17.7 Å². The predicted molar refractivity (Wildman–Crippen MR) is 126 cm³/mol. The lowest BCUT2D eigenvalue weighted by molar-refractivity contribution is -0.262. The van der Waals surface area contributed by atoms with Crippen LogP contribution in [0.4, 0.5) is 4.39 Å². The number of carbonyl (C=O) groups excluding carboxylic acids is 2. The van der Waals surface area contributed by atoms with Gasteiger partial charge in [-0.25, -0.2) is 9.18 Å². The molecule has 33 heavy (non-hydrogen) atoms. The SMILES string of the molecule is CC[C@@H](CC1(C(C)C)ONC2CC[C@@H](C)[C@H]2[C@@H]1OC(=O)/C=C/c1ccccc1)NC(=O)CF. The van der Waals surface area contributed by atoms with E-state index >= 15 is 0 Å². The third-order valence-electron chi connectivity index (χ3n) is 7.26. The van der Waals surface area contributed by atoms with E-state index in [1.54, 1.807) is 6.08 Å². The van der Waals surface area contributed by atoms with Gasteiger partial charge in [0.15, 0.2) is 6.67 Å². The number of fused-ring (bicyclic) bond motifs is 1. The van der Waals surface area contributed by atoms with Crippen molar-refractivity contribution in [3.8, 4) is 0 Å². The van der Waals surface area contributed by atoms with Gasteiger partial charge in [0.25, 0.3) is 5.91 Å². The number of hydrogen-bond donors (Lipinski definition) is 2. The summed E-state index contributed by atoms with van der Waals surface area (Å²) in [6.07, 6.45) is 5.70. The molecule has 6 atom stereocenters. The monoisotopic (exact) mass is 460 g/mol. The van der Waals surface area contributed by atoms with Crippen LogP contribution in [0, 0.1) is 17.8 Å². The Balaban J connectivity index is 1.89. The molecular formula is C26H37FN2O4. The van der Waals surface area contributed by atoms with E-state index in [4.69, 9.17) is 9.57 Å². The highest BCUT2D eigenvalue weighted by Crippen LogP contribution is 2.47. The van der Waals surface area contributed by atoms with Gasteiger partial charge in [0, 0.05) is 30.5 Å². The summed E-state index contributed by atoms with van der Waals surface area (Å²) in [7, 11) is 0. The van der Waals surface area contributed by atoms with Gasteiger partial charge in [-0.2, -0.15) is 5.48 Å². The number of carbonyl (C=O) groups is 2. The summed E-state index contributed by atoms with van der Waals surface area (Å²) in [5, 5.41) is 2.76. The van der Waals surface area contributed by atoms with Crippen LogP contribution in [0.1, 0.15) is 58.9 Å². The Hall–Kier alpha value is -2.25. The van der Waals surface area contributed by atoms with Crippen LogP contribution in [0.2, 0.25) is 0 Å². The summed E-state index contributed by atoms with van der Waals surface area (Å²) in [6.45, 7) is 7.14. The van der Waals surface area contributed by atoms with Crippen LogP contribution in [0.3, 0.4) is 0 Å². The molecule has 0 bridgehead atoms. The average molecular weight is 461 g/mol. The highest BCUT2D eigenvalue weighted by Gasteiger charge is 2.58. The molecule has 1 aliphatic heterocycles. The first-order chi connectivity index (χ1) is 15.8. The van der Waals surface area contributed by atoms with E-state index in [0.29, 0.717) is 18.8 Å². The fraction of sp³-hybridized carbons (Fsp3) is 0.615. The van der Waals surface area contributed by atoms with Gasteiger partial charge in [0.2, 0.25) is 0 Å². The van der Waals surface area contributed by atoms with Gasteiger partial charge in [0.1, 0.15) is 11.7 Å². The summed E-state index contributed by atoms with van der Waals surface area (Å²) in [5.74, 6) is -0.648. The fourth-order valence-electron chi connectivity index (χ4n) is 5.30. The van der Waals surface area contributed by atoms with E-state index < -0.39 is 30.3 Å². The quantitative estimate of drug-likeness (QED) is 0.426. The number of halogens is 1. The van der Waals surface area contributed by atoms with Gasteiger partial charge in [-0.1, -0.05) is 58.0 Å². The van der Waals surface area contributed by atoms with Crippen LogP contribution in [0.15, 0.2) is 36.4 Å². The number of ether oxygens (including phenoxy) is 1. The third-order valence-corrected chi connectivity index (χ3v) is 7.26. The lowest BCUT2D eigenvalue weighted by Gasteiger charge is -2.52. The number of hydrogen-bond acceptors (Lipinski definition) is 5. The van der Waals surface area contributed by atoms with E-state index in [1.807, 2.05) is 51.1 Å². The summed E-state index contributed by atoms with van der Waals surface area (Å²) in [6, 6.07) is 9.39. The van der Waals surface area contributed by atoms with Crippen LogP contribution >= 0.6 is 0 Å². The second kappa shape index (κ2) is 11.3. The average Bonchev–Trinajstić information content (AvgIpc) is 3.19. The standard InChI is InChI=1S/C26H37FN2O4/c1-5-20(28-22(30)16-27)15-26(17(2)3)25(24-18(4)11-13-21(24)29-33-26)32-23(31)14-12-19-9-7-6-8-10-19/h6-10,12,14,17-18,20-21,24-25,29H,5,11,13,15-16H2,1-4H3,(H,28,30)/b14-12+/t18-,20+,21?,24-,25+,26?/m1/s1. The Kier molecular flexibility index (Phi) is 8.65. The molecule has 1 aromatic rings. The molecule has 6 nitrogen and oxygen atoms in total. The van der Waals surface area contributed by atoms with Crippen LogP contribution in [-0.4, -0.2) is 42.3 Å². The normalized spacial score (nSPS) is 30.2. The largest absolute Gasteiger partial charge is 0.456 e. The van der Waals surface area contributed by atoms with Crippen molar-refractivity contribution in [2.45, 2.75) is 77.2 Å². The van der Waals surface area contributed by atoms with Crippen molar-refractivity contribution in [1.29, 1.82) is 0 Å². The topological polar surface area (TPSA) is 76.7 Å². The molecule has 1 saturated carbocycles. The Morgan fingerprint density at radius 3 is 2.67 bits per heavy atom. The van der Waals surface area contributed by atoms with Crippen molar-refractivity contribution in [3.05, 3.63) is 42.0 Å². The first-order valence-corrected chi connectivity index (χ1v) is 12.0. The summed E-state index contributed by atoms with van der Waals surface area (Å²) in [4.78, 5) is 31.1. The number of benzene rings is 1. The van der Waals surface area contributed by atoms with Crippen molar-refractivity contribution in [2.75, 3.05) is 6.67 Å². The molecule has 3 rings (SSSR count). The van der Waals surface area contributed by atoms with Crippen LogP contribution in [0.25, 0.3) is 6.08 Å². The van der Waals surface area contributed by atoms with Crippen molar-refractivity contribution >= 4 is 18.0 Å². The van der Waals surface area contributed by atoms with Crippen molar-refractivity contribution in [3.63, 3.8) is 0 Å². The van der Waals surface area contributed by atoms with E-state index in [1.165, 1.54) is 6.08 Å². The third kappa shape index (κ3) is 5.82. The maximum atomic E-state index is 13.0. The molecule has 182 valence electrons. The lowest BCUT2D eigenvalue weighted by atomic mass is 9.70. The zero-order valence-electron chi connectivity index (χ0n) is 20.1. The Morgan fingerprint density at radius 2 is 2.03 bits per heavy atom. The highest BCUT2D eigenvalue weighted by atomic mass is 19.1. The van der Waals surface area contributed by atoms with Crippen LogP contribution in [-0.2, 0) is 19.2 Å². The molecule has 0 spiro atoms. The Bertz CT molecular complexity index is 831. The fourth-order valence-corrected chi connectivity index (χ4v) is 5.30. The van der Waals surface area contributed by atoms with Crippen LogP contribution < -0.4 is 10.8 Å². The maximum absolute atomic E-state index is 13.0. The minimum Gasteiger partial charge on any atom is -0.456 e. The van der Waals surface area contributed by atoms with E-state index in [0.717, 1.165) is 18.4 Å². The highest BCUT2D eigenvalue weighted by molar-refractivity contribution is 5.87. The van der Waals surface area contributed by atoms with E-state index in [9.17, 15) is 14.0 Å². The Morgan fingerprint density at radius 1 is 1.30 bits per heavy atom. The second-order valence-electron chi connectivity index (χ2n) is 9.68. The summed E-state index contributed by atoms with van der Waals surface area (Å²) < 4.78 is 19.1. The second-order valence-corrected chi connectivity index (χ2v) is 9.68. The molecule has 1 aromatic carbocycles. The molecule has 0 aromatic heterocycles. The summed E-state index contributed by atoms with van der Waals surface area (Å²) in [5.41, 5.74) is 3.30. The minimum absolute atomic E-state index is 0.0222. The molecule has 1 heterocycles. The van der Waals surface area contributed by atoms with Gasteiger partial charge >= 0.3 is 5.97 Å². The van der Waals surface area contributed by atoms with Crippen molar-refractivity contribution in [2.24, 2.45) is 17.8 Å². The summed E-state index contributed by atoms with van der Waals surface area (Å²) >= 11 is 0. The number of rotatable bonds is 9. The van der Waals surface area contributed by atoms with Crippen LogP contribution in [0.5, 0.6) is 0 Å². The molecule has 2 N–H and O–H groups in total. The van der Waals surface area contributed by atoms with Gasteiger partial charge in [-0.15, -0.1) is 0 Å². The number of hydroxylamine groups is 1. The van der Waals surface area contributed by atoms with E-state index in [-0.39, 0.29) is 23.9 Å². The minimum atomic E-state index is -1.06. The number of nitrogens with one attached hydrogen (secondary N) is 2. The Labute approximate surface area is 196 Å². The molecular weight excluding hydrogens is 423 g/mol. The molecule has 2 aliphatic rings. The van der Waals surface area contributed by atoms with Gasteiger partial charge in [-0.05, 0) is 42.7 Å². The number of alkyl halides is 1.